The fourth-order valence-electron chi connectivity index (χ4n) is 3.53. The van der Waals surface area contributed by atoms with Gasteiger partial charge in [-0.25, -0.2) is 4.79 Å². The van der Waals surface area contributed by atoms with Gasteiger partial charge < -0.3 is 5.11 Å². The monoisotopic (exact) mass is 397 g/mol. The van der Waals surface area contributed by atoms with Crippen molar-refractivity contribution in [2.45, 2.75) is 44.6 Å². The summed E-state index contributed by atoms with van der Waals surface area (Å²) in [6, 6.07) is 4.68. The van der Waals surface area contributed by atoms with Gasteiger partial charge in [0.15, 0.2) is 0 Å². The zero-order valence-electron chi connectivity index (χ0n) is 16.5. The molecular weight excluding hydrogens is 374 g/mol. The lowest BCUT2D eigenvalue weighted by molar-refractivity contribution is -0.149. The van der Waals surface area contributed by atoms with Crippen LogP contribution in [0.25, 0.3) is 11.0 Å². The molecule has 3 rings (SSSR count). The van der Waals surface area contributed by atoms with E-state index in [-0.39, 0.29) is 30.3 Å². The Morgan fingerprint density at radius 1 is 1.17 bits per heavy atom. The maximum absolute atomic E-state index is 12.8. The van der Waals surface area contributed by atoms with E-state index in [1.165, 1.54) is 16.2 Å². The molecule has 1 atom stereocenters. The lowest BCUT2D eigenvalue weighted by Crippen LogP contribution is -2.45. The molecular formula is C21H23N3O5. The molecule has 1 aliphatic heterocycles. The van der Waals surface area contributed by atoms with E-state index in [1.54, 1.807) is 25.2 Å². The van der Waals surface area contributed by atoms with Crippen LogP contribution in [0.3, 0.4) is 0 Å². The van der Waals surface area contributed by atoms with Gasteiger partial charge in [0.25, 0.3) is 5.91 Å². The molecule has 1 unspecified atom stereocenters. The average molecular weight is 397 g/mol. The molecule has 2 amide bonds. The Kier molecular flexibility index (Phi) is 5.87. The van der Waals surface area contributed by atoms with Crippen LogP contribution in [0.1, 0.15) is 50.1 Å². The number of rotatable bonds is 5. The highest BCUT2D eigenvalue weighted by Gasteiger charge is 2.35. The van der Waals surface area contributed by atoms with Gasteiger partial charge in [0, 0.05) is 38.9 Å². The first-order valence-corrected chi connectivity index (χ1v) is 9.53. The smallest absolute Gasteiger partial charge is 0.329 e. The van der Waals surface area contributed by atoms with Gasteiger partial charge in [-0.15, -0.1) is 0 Å². The van der Waals surface area contributed by atoms with E-state index in [2.05, 4.69) is 11.8 Å². The maximum Gasteiger partial charge on any atom is 0.329 e. The number of benzene rings is 1. The molecule has 152 valence electrons. The van der Waals surface area contributed by atoms with E-state index in [0.717, 1.165) is 10.5 Å². The Bertz CT molecular complexity index is 1100. The van der Waals surface area contributed by atoms with Gasteiger partial charge in [-0.3, -0.25) is 28.4 Å². The first kappa shape index (κ1) is 20.4. The van der Waals surface area contributed by atoms with E-state index < -0.39 is 12.0 Å². The van der Waals surface area contributed by atoms with Gasteiger partial charge in [-0.2, -0.15) is 0 Å². The molecule has 0 spiro atoms. The van der Waals surface area contributed by atoms with E-state index >= 15 is 0 Å². The summed E-state index contributed by atoms with van der Waals surface area (Å²) in [6.07, 6.45) is 2.57. The van der Waals surface area contributed by atoms with E-state index in [4.69, 9.17) is 5.11 Å². The van der Waals surface area contributed by atoms with Crippen molar-refractivity contribution in [3.8, 4) is 11.8 Å². The van der Waals surface area contributed by atoms with Crippen LogP contribution >= 0.6 is 0 Å². The number of hydrogen-bond donors (Lipinski definition) is 1. The van der Waals surface area contributed by atoms with E-state index in [0.29, 0.717) is 36.7 Å². The van der Waals surface area contributed by atoms with Crippen molar-refractivity contribution in [1.29, 1.82) is 0 Å². The minimum absolute atomic E-state index is 0.143. The molecule has 29 heavy (non-hydrogen) atoms. The minimum atomic E-state index is -0.805. The number of nitrogens with zero attached hydrogens (tertiary/aromatic N) is 3. The molecule has 2 heterocycles. The largest absolute Gasteiger partial charge is 0.481 e. The summed E-state index contributed by atoms with van der Waals surface area (Å²) in [5, 5.41) is 8.63. The molecule has 1 saturated heterocycles. The number of carboxylic acid groups (broad SMARTS) is 1. The van der Waals surface area contributed by atoms with Crippen LogP contribution < -0.4 is 5.69 Å². The van der Waals surface area contributed by atoms with Crippen molar-refractivity contribution in [2.24, 2.45) is 7.05 Å². The summed E-state index contributed by atoms with van der Waals surface area (Å²) in [5.74, 6) is 4.65. The number of imidazole rings is 1. The van der Waals surface area contributed by atoms with Gasteiger partial charge >= 0.3 is 11.7 Å². The Hall–Kier alpha value is -3.34. The van der Waals surface area contributed by atoms with Gasteiger partial charge in [-0.1, -0.05) is 11.8 Å². The SMILES string of the molecule is CN1C(=O)CCC(n2c(=O)n(C)c3cc(C#CCCCCC(=O)O)ccc32)C1=O. The fraction of sp³-hybridized carbons (Fsp3) is 0.429. The van der Waals surface area contributed by atoms with Crippen LogP contribution in [-0.2, 0) is 21.4 Å². The van der Waals surface area contributed by atoms with Crippen LogP contribution in [0.15, 0.2) is 23.0 Å². The predicted molar refractivity (Wildman–Crippen MR) is 106 cm³/mol. The molecule has 0 aliphatic carbocycles. The van der Waals surface area contributed by atoms with Gasteiger partial charge in [0.2, 0.25) is 5.91 Å². The van der Waals surface area contributed by atoms with Crippen molar-refractivity contribution >= 4 is 28.8 Å². The minimum Gasteiger partial charge on any atom is -0.481 e. The number of amides is 2. The van der Waals surface area contributed by atoms with Crippen molar-refractivity contribution < 1.29 is 19.5 Å². The van der Waals surface area contributed by atoms with E-state index in [1.807, 2.05) is 0 Å². The van der Waals surface area contributed by atoms with Crippen molar-refractivity contribution in [3.63, 3.8) is 0 Å². The van der Waals surface area contributed by atoms with Crippen molar-refractivity contribution in [2.75, 3.05) is 7.05 Å². The molecule has 8 nitrogen and oxygen atoms in total. The maximum atomic E-state index is 12.8. The standard InChI is InChI=1S/C21H23N3O5/c1-22-17-13-14(7-5-3-4-6-8-19(26)27)9-10-15(17)24(21(22)29)16-11-12-18(25)23(2)20(16)28/h9-10,13,16H,3-4,6,8,11-12H2,1-2H3,(H,26,27). The molecule has 0 bridgehead atoms. The Morgan fingerprint density at radius 3 is 2.66 bits per heavy atom. The topological polar surface area (TPSA) is 102 Å². The highest BCUT2D eigenvalue weighted by atomic mass is 16.4. The summed E-state index contributed by atoms with van der Waals surface area (Å²) in [7, 11) is 3.09. The second-order valence-corrected chi connectivity index (χ2v) is 7.16. The summed E-state index contributed by atoms with van der Waals surface area (Å²) in [4.78, 5) is 48.7. The number of aryl methyl sites for hydroxylation is 1. The van der Waals surface area contributed by atoms with Crippen LogP contribution in [0.4, 0.5) is 0 Å². The van der Waals surface area contributed by atoms with E-state index in [9.17, 15) is 19.2 Å². The molecule has 1 aliphatic rings. The third-order valence-electron chi connectivity index (χ3n) is 5.20. The quantitative estimate of drug-likeness (QED) is 0.470. The average Bonchev–Trinajstić information content (AvgIpc) is 2.93. The number of piperidine rings is 1. The first-order chi connectivity index (χ1) is 13.8. The zero-order valence-corrected chi connectivity index (χ0v) is 16.5. The van der Waals surface area contributed by atoms with Crippen LogP contribution in [0, 0.1) is 11.8 Å². The second kappa shape index (κ2) is 8.35. The third kappa shape index (κ3) is 4.09. The summed E-state index contributed by atoms with van der Waals surface area (Å²) < 4.78 is 2.95. The summed E-state index contributed by atoms with van der Waals surface area (Å²) in [6.45, 7) is 0. The number of likely N-dealkylation sites (N-methyl/N-ethyl adjacent to an activating group) is 1. The Balaban J connectivity index is 1.86. The molecule has 0 radical (unpaired) electrons. The van der Waals surface area contributed by atoms with Gasteiger partial charge in [0.05, 0.1) is 11.0 Å². The summed E-state index contributed by atoms with van der Waals surface area (Å²) >= 11 is 0. The van der Waals surface area contributed by atoms with Crippen LogP contribution in [-0.4, -0.2) is 44.0 Å². The number of aromatic nitrogens is 2. The Labute approximate surface area is 167 Å². The number of carbonyl (C=O) groups excluding carboxylic acids is 2. The van der Waals surface area contributed by atoms with Crippen LogP contribution in [0.2, 0.25) is 0 Å². The highest BCUT2D eigenvalue weighted by Crippen LogP contribution is 2.26. The number of unbranched alkanes of at least 4 members (excludes halogenated alkanes) is 2. The molecule has 1 N–H and O–H groups in total. The number of carboxylic acids is 1. The van der Waals surface area contributed by atoms with Crippen molar-refractivity contribution in [1.82, 2.24) is 14.0 Å². The molecule has 1 aromatic carbocycles. The summed E-state index contributed by atoms with van der Waals surface area (Å²) in [5.41, 5.74) is 1.73. The molecule has 2 aromatic rings. The fourth-order valence-corrected chi connectivity index (χ4v) is 3.53. The first-order valence-electron chi connectivity index (χ1n) is 9.53. The molecule has 8 heteroatoms. The normalized spacial score (nSPS) is 16.8. The number of aliphatic carboxylic acids is 1. The Morgan fingerprint density at radius 2 is 1.93 bits per heavy atom. The molecule has 1 fully saturated rings. The van der Waals surface area contributed by atoms with Crippen molar-refractivity contribution in [3.05, 3.63) is 34.2 Å². The molecule has 1 aromatic heterocycles. The second-order valence-electron chi connectivity index (χ2n) is 7.16. The van der Waals surface area contributed by atoms with Gasteiger partial charge in [-0.05, 0) is 37.5 Å². The van der Waals surface area contributed by atoms with Crippen LogP contribution in [0.5, 0.6) is 0 Å². The number of hydrogen-bond acceptors (Lipinski definition) is 4. The number of imide groups is 1. The lowest BCUT2D eigenvalue weighted by atomic mass is 10.0. The number of likely N-dealkylation sites (tertiary alicyclic amines) is 1. The lowest BCUT2D eigenvalue weighted by Gasteiger charge is -2.28. The molecule has 0 saturated carbocycles. The predicted octanol–water partition coefficient (Wildman–Crippen LogP) is 1.66. The van der Waals surface area contributed by atoms with Gasteiger partial charge in [0.1, 0.15) is 6.04 Å². The zero-order chi connectivity index (χ0) is 21.1. The number of fused-ring (bicyclic) bond motifs is 1. The third-order valence-corrected chi connectivity index (χ3v) is 5.20. The highest BCUT2D eigenvalue weighted by molar-refractivity contribution is 5.99. The number of carbonyl (C=O) groups is 3.